The fourth-order valence-electron chi connectivity index (χ4n) is 3.48. The molecule has 0 amide bonds. The zero-order chi connectivity index (χ0) is 26.6. The summed E-state index contributed by atoms with van der Waals surface area (Å²) in [5.41, 5.74) is 5.50. The third-order valence-electron chi connectivity index (χ3n) is 5.38. The van der Waals surface area contributed by atoms with Crippen LogP contribution in [0.4, 0.5) is 23.2 Å². The Balaban J connectivity index is 1.36. The Hall–Kier alpha value is -4.12. The smallest absolute Gasteiger partial charge is 0.331 e. The maximum atomic E-state index is 13.6. The molecule has 0 bridgehead atoms. The van der Waals surface area contributed by atoms with Crippen LogP contribution in [0, 0.1) is 5.82 Å². The van der Waals surface area contributed by atoms with Crippen molar-refractivity contribution in [3.05, 3.63) is 95.6 Å². The van der Waals surface area contributed by atoms with Gasteiger partial charge >= 0.3 is 6.18 Å². The van der Waals surface area contributed by atoms with E-state index in [9.17, 15) is 17.6 Å². The fraction of sp³-hybridized carbons (Fsp3) is 0.154. The zero-order valence-electron chi connectivity index (χ0n) is 19.8. The number of hydrogen-bond acceptors (Lipinski definition) is 4. The van der Waals surface area contributed by atoms with Crippen molar-refractivity contribution in [3.63, 3.8) is 0 Å². The van der Waals surface area contributed by atoms with Crippen LogP contribution in [0.25, 0.3) is 17.1 Å². The Bertz CT molecular complexity index is 1410. The highest BCUT2D eigenvalue weighted by atomic mass is 32.1. The van der Waals surface area contributed by atoms with Crippen molar-refractivity contribution in [3.8, 4) is 17.1 Å². The molecule has 0 unspecified atom stereocenters. The van der Waals surface area contributed by atoms with Crippen molar-refractivity contribution in [2.24, 2.45) is 5.10 Å². The molecule has 0 aliphatic heterocycles. The van der Waals surface area contributed by atoms with Gasteiger partial charge in [0.1, 0.15) is 12.1 Å². The topological polar surface area (TPSA) is 67.1 Å². The number of anilines is 1. The van der Waals surface area contributed by atoms with Gasteiger partial charge in [-0.2, -0.15) is 18.3 Å². The van der Waals surface area contributed by atoms with Crippen LogP contribution in [0.15, 0.2) is 78.2 Å². The second-order valence-electron chi connectivity index (χ2n) is 8.39. The molecule has 6 nitrogen and oxygen atoms in total. The number of hydrogen-bond donors (Lipinski definition) is 2. The molecule has 0 saturated heterocycles. The molecule has 4 rings (SSSR count). The Morgan fingerprint density at radius 3 is 2.38 bits per heavy atom. The van der Waals surface area contributed by atoms with E-state index in [1.54, 1.807) is 24.4 Å². The highest BCUT2D eigenvalue weighted by Gasteiger charge is 2.30. The highest BCUT2D eigenvalue weighted by Crippen LogP contribution is 2.29. The Morgan fingerprint density at radius 2 is 1.73 bits per heavy atom. The molecule has 0 aliphatic rings. The fourth-order valence-corrected chi connectivity index (χ4v) is 3.64. The van der Waals surface area contributed by atoms with Crippen LogP contribution >= 0.6 is 12.2 Å². The lowest BCUT2D eigenvalue weighted by Crippen LogP contribution is -2.24. The molecule has 3 aromatic carbocycles. The van der Waals surface area contributed by atoms with E-state index < -0.39 is 11.7 Å². The summed E-state index contributed by atoms with van der Waals surface area (Å²) in [6, 6.07) is 16.4. The van der Waals surface area contributed by atoms with Crippen molar-refractivity contribution >= 4 is 29.2 Å². The summed E-state index contributed by atoms with van der Waals surface area (Å²) in [6.45, 7) is 3.93. The second kappa shape index (κ2) is 10.9. The summed E-state index contributed by atoms with van der Waals surface area (Å²) in [4.78, 5) is 4.25. The molecule has 0 saturated carbocycles. The number of halogens is 4. The molecule has 0 atom stereocenters. The van der Waals surface area contributed by atoms with Gasteiger partial charge in [0, 0.05) is 11.3 Å². The number of nitrogens with zero attached hydrogens (tertiary/aromatic N) is 4. The number of aromatic nitrogens is 3. The molecular formula is C26H22F4N6S. The third-order valence-corrected chi connectivity index (χ3v) is 5.58. The van der Waals surface area contributed by atoms with Gasteiger partial charge < -0.3 is 5.32 Å². The standard InChI is InChI=1S/C26H22F4N6S/c1-16(2)22-13-20(27)9-12-23(22)33-25(37)34-32-14-17-3-5-18(6-4-17)24-31-15-36(35-24)21-10-7-19(8-11-21)26(28,29)30/h3-16H,1-2H3,(H2,33,34,37)/b32-14+. The van der Waals surface area contributed by atoms with Crippen LogP contribution in [0.5, 0.6) is 0 Å². The zero-order valence-corrected chi connectivity index (χ0v) is 20.6. The van der Waals surface area contributed by atoms with E-state index in [4.69, 9.17) is 12.2 Å². The Kier molecular flexibility index (Phi) is 7.63. The maximum Gasteiger partial charge on any atom is 0.416 e. The largest absolute Gasteiger partial charge is 0.416 e. The molecule has 37 heavy (non-hydrogen) atoms. The van der Waals surface area contributed by atoms with Gasteiger partial charge in [-0.3, -0.25) is 5.43 Å². The van der Waals surface area contributed by atoms with E-state index in [1.807, 2.05) is 26.0 Å². The SMILES string of the molecule is CC(C)c1cc(F)ccc1NC(=S)N/N=C/c1ccc(-c2ncn(-c3ccc(C(F)(F)F)cc3)n2)cc1. The molecule has 0 radical (unpaired) electrons. The quantitative estimate of drug-likeness (QED) is 0.129. The van der Waals surface area contributed by atoms with Crippen LogP contribution in [-0.2, 0) is 6.18 Å². The lowest BCUT2D eigenvalue weighted by atomic mass is 10.0. The average Bonchev–Trinajstić information content (AvgIpc) is 3.35. The third kappa shape index (κ3) is 6.56. The number of alkyl halides is 3. The summed E-state index contributed by atoms with van der Waals surface area (Å²) >= 11 is 5.28. The van der Waals surface area contributed by atoms with Gasteiger partial charge in [0.2, 0.25) is 0 Å². The molecule has 190 valence electrons. The van der Waals surface area contributed by atoms with E-state index in [2.05, 4.69) is 25.9 Å². The number of rotatable bonds is 6. The minimum atomic E-state index is -4.39. The Morgan fingerprint density at radius 1 is 1.03 bits per heavy atom. The first-order chi connectivity index (χ1) is 17.6. The molecule has 1 aromatic heterocycles. The lowest BCUT2D eigenvalue weighted by molar-refractivity contribution is -0.137. The van der Waals surface area contributed by atoms with Crippen LogP contribution < -0.4 is 10.7 Å². The molecule has 4 aromatic rings. The van der Waals surface area contributed by atoms with Gasteiger partial charge in [0.05, 0.1) is 17.5 Å². The minimum Gasteiger partial charge on any atom is -0.331 e. The first-order valence-corrected chi connectivity index (χ1v) is 11.6. The van der Waals surface area contributed by atoms with Gasteiger partial charge in [0.25, 0.3) is 0 Å². The predicted octanol–water partition coefficient (Wildman–Crippen LogP) is 6.54. The normalized spacial score (nSPS) is 11.8. The number of benzene rings is 3. The number of nitrogens with one attached hydrogen (secondary N) is 2. The summed E-state index contributed by atoms with van der Waals surface area (Å²) in [6.07, 6.45) is -1.37. The molecule has 11 heteroatoms. The molecule has 0 fully saturated rings. The summed E-state index contributed by atoms with van der Waals surface area (Å²) in [5, 5.41) is 11.8. The van der Waals surface area contributed by atoms with E-state index in [1.165, 1.54) is 35.3 Å². The molecular weight excluding hydrogens is 504 g/mol. The number of hydrazone groups is 1. The van der Waals surface area contributed by atoms with Crippen molar-refractivity contribution in [2.75, 3.05) is 5.32 Å². The molecule has 0 spiro atoms. The second-order valence-corrected chi connectivity index (χ2v) is 8.80. The molecule has 1 heterocycles. The van der Waals surface area contributed by atoms with Crippen LogP contribution in [0.2, 0.25) is 0 Å². The van der Waals surface area contributed by atoms with Crippen molar-refractivity contribution in [1.82, 2.24) is 20.2 Å². The van der Waals surface area contributed by atoms with Gasteiger partial charge in [-0.05, 0) is 71.7 Å². The van der Waals surface area contributed by atoms with Gasteiger partial charge in [-0.25, -0.2) is 14.1 Å². The average molecular weight is 527 g/mol. The predicted molar refractivity (Wildman–Crippen MR) is 139 cm³/mol. The first kappa shape index (κ1) is 26.0. The van der Waals surface area contributed by atoms with E-state index >= 15 is 0 Å². The summed E-state index contributed by atoms with van der Waals surface area (Å²) in [5.74, 6) is 0.224. The van der Waals surface area contributed by atoms with Gasteiger partial charge in [-0.1, -0.05) is 38.1 Å². The first-order valence-electron chi connectivity index (χ1n) is 11.2. The van der Waals surface area contributed by atoms with Crippen molar-refractivity contribution in [2.45, 2.75) is 25.9 Å². The summed E-state index contributed by atoms with van der Waals surface area (Å²) < 4.78 is 53.3. The number of thiocarbonyl (C=S) groups is 1. The van der Waals surface area contributed by atoms with Crippen LogP contribution in [0.3, 0.4) is 0 Å². The van der Waals surface area contributed by atoms with Crippen LogP contribution in [0.1, 0.15) is 36.5 Å². The monoisotopic (exact) mass is 526 g/mol. The maximum absolute atomic E-state index is 13.6. The van der Waals surface area contributed by atoms with Crippen molar-refractivity contribution in [1.29, 1.82) is 0 Å². The van der Waals surface area contributed by atoms with Gasteiger partial charge in [-0.15, -0.1) is 5.10 Å². The van der Waals surface area contributed by atoms with E-state index in [-0.39, 0.29) is 16.8 Å². The summed E-state index contributed by atoms with van der Waals surface area (Å²) in [7, 11) is 0. The highest BCUT2D eigenvalue weighted by molar-refractivity contribution is 7.80. The molecule has 2 N–H and O–H groups in total. The van der Waals surface area contributed by atoms with Gasteiger partial charge in [0.15, 0.2) is 10.9 Å². The Labute approximate surface area is 216 Å². The minimum absolute atomic E-state index is 0.110. The van der Waals surface area contributed by atoms with E-state index in [0.717, 1.165) is 28.8 Å². The van der Waals surface area contributed by atoms with Crippen LogP contribution in [-0.4, -0.2) is 26.1 Å². The molecule has 0 aliphatic carbocycles. The van der Waals surface area contributed by atoms with Crippen molar-refractivity contribution < 1.29 is 17.6 Å². The van der Waals surface area contributed by atoms with E-state index in [0.29, 0.717) is 17.2 Å². The lowest BCUT2D eigenvalue weighted by Gasteiger charge is -2.14.